The Kier molecular flexibility index (Phi) is 4.03. The molecule has 0 bridgehead atoms. The third-order valence-electron chi connectivity index (χ3n) is 3.91. The summed E-state index contributed by atoms with van der Waals surface area (Å²) in [5.41, 5.74) is 2.94. The lowest BCUT2D eigenvalue weighted by Gasteiger charge is -2.09. The number of thiophene rings is 1. The normalized spacial score (nSPS) is 11.0. The van der Waals surface area contributed by atoms with Crippen molar-refractivity contribution in [1.82, 2.24) is 9.97 Å². The average Bonchev–Trinajstić information content (AvgIpc) is 2.93. The van der Waals surface area contributed by atoms with Crippen LogP contribution in [0.15, 0.2) is 54.9 Å². The Morgan fingerprint density at radius 1 is 1.08 bits per heavy atom. The highest BCUT2D eigenvalue weighted by atomic mass is 35.5. The fourth-order valence-corrected chi connectivity index (χ4v) is 3.96. The number of aromatic nitrogens is 2. The van der Waals surface area contributed by atoms with Crippen molar-refractivity contribution < 1.29 is 5.11 Å². The number of hydrogen-bond acceptors (Lipinski definition) is 5. The lowest BCUT2D eigenvalue weighted by atomic mass is 10.0. The molecule has 0 atom stereocenters. The van der Waals surface area contributed by atoms with E-state index >= 15 is 0 Å². The van der Waals surface area contributed by atoms with Gasteiger partial charge in [-0.05, 0) is 36.8 Å². The zero-order chi connectivity index (χ0) is 17.4. The van der Waals surface area contributed by atoms with Crippen LogP contribution in [-0.2, 0) is 0 Å². The van der Waals surface area contributed by atoms with Crippen molar-refractivity contribution >= 4 is 44.7 Å². The number of nitrogens with zero attached hydrogens (tertiary/aromatic N) is 2. The highest BCUT2D eigenvalue weighted by Gasteiger charge is 2.17. The second-order valence-electron chi connectivity index (χ2n) is 5.62. The van der Waals surface area contributed by atoms with Gasteiger partial charge in [-0.1, -0.05) is 29.8 Å². The molecule has 0 saturated heterocycles. The Bertz CT molecular complexity index is 1060. The fourth-order valence-electron chi connectivity index (χ4n) is 2.82. The predicted octanol–water partition coefficient (Wildman–Crippen LogP) is 5.77. The van der Waals surface area contributed by atoms with Crippen molar-refractivity contribution in [1.29, 1.82) is 0 Å². The molecule has 0 fully saturated rings. The van der Waals surface area contributed by atoms with E-state index in [1.807, 2.05) is 30.3 Å². The summed E-state index contributed by atoms with van der Waals surface area (Å²) in [6, 6.07) is 14.7. The maximum Gasteiger partial charge on any atom is 0.143 e. The van der Waals surface area contributed by atoms with E-state index in [-0.39, 0.29) is 5.75 Å². The minimum Gasteiger partial charge on any atom is -0.508 e. The highest BCUT2D eigenvalue weighted by molar-refractivity contribution is 7.19. The lowest BCUT2D eigenvalue weighted by molar-refractivity contribution is 0.475. The van der Waals surface area contributed by atoms with E-state index in [9.17, 15) is 5.11 Å². The number of benzene rings is 2. The minimum atomic E-state index is 0.203. The monoisotopic (exact) mass is 367 g/mol. The van der Waals surface area contributed by atoms with Gasteiger partial charge in [0, 0.05) is 27.2 Å². The van der Waals surface area contributed by atoms with Crippen molar-refractivity contribution in [2.75, 3.05) is 5.32 Å². The van der Waals surface area contributed by atoms with E-state index in [2.05, 4.69) is 22.2 Å². The average molecular weight is 368 g/mol. The lowest BCUT2D eigenvalue weighted by Crippen LogP contribution is -1.95. The summed E-state index contributed by atoms with van der Waals surface area (Å²) in [7, 11) is 0. The number of rotatable bonds is 3. The van der Waals surface area contributed by atoms with Crippen LogP contribution in [-0.4, -0.2) is 15.1 Å². The van der Waals surface area contributed by atoms with E-state index in [1.165, 1.54) is 0 Å². The molecule has 0 saturated carbocycles. The van der Waals surface area contributed by atoms with E-state index < -0.39 is 0 Å². The zero-order valence-electron chi connectivity index (χ0n) is 13.3. The smallest absolute Gasteiger partial charge is 0.143 e. The first kappa shape index (κ1) is 15.9. The molecular weight excluding hydrogens is 354 g/mol. The van der Waals surface area contributed by atoms with Crippen molar-refractivity contribution in [3.05, 3.63) is 64.8 Å². The van der Waals surface area contributed by atoms with Crippen LogP contribution in [0.3, 0.4) is 0 Å². The molecule has 4 rings (SSSR count). The van der Waals surface area contributed by atoms with Crippen molar-refractivity contribution in [2.45, 2.75) is 6.92 Å². The first-order chi connectivity index (χ1) is 12.1. The predicted molar refractivity (Wildman–Crippen MR) is 104 cm³/mol. The number of aryl methyl sites for hydroxylation is 1. The van der Waals surface area contributed by atoms with Gasteiger partial charge in [-0.2, -0.15) is 0 Å². The molecule has 124 valence electrons. The summed E-state index contributed by atoms with van der Waals surface area (Å²) >= 11 is 7.66. The Morgan fingerprint density at radius 2 is 1.88 bits per heavy atom. The largest absolute Gasteiger partial charge is 0.508 e. The third kappa shape index (κ3) is 3.04. The summed E-state index contributed by atoms with van der Waals surface area (Å²) in [6.07, 6.45) is 1.55. The molecule has 0 radical (unpaired) electrons. The Morgan fingerprint density at radius 3 is 2.64 bits per heavy atom. The van der Waals surface area contributed by atoms with Gasteiger partial charge in [0.15, 0.2) is 0 Å². The number of aromatic hydroxyl groups is 1. The summed E-state index contributed by atoms with van der Waals surface area (Å²) in [5, 5.41) is 14.6. The standard InChI is InChI=1S/C19H14ClN3OS/c1-11-16(12-5-7-13(20)8-6-12)17-18(21-10-22-19(17)25-11)23-14-3-2-4-15(24)9-14/h2-10,24H,1H3,(H,21,22,23). The Hall–Kier alpha value is -2.63. The van der Waals surface area contributed by atoms with Gasteiger partial charge >= 0.3 is 0 Å². The van der Waals surface area contributed by atoms with Crippen LogP contribution < -0.4 is 5.32 Å². The van der Waals surface area contributed by atoms with Gasteiger partial charge in [-0.15, -0.1) is 11.3 Å². The summed E-state index contributed by atoms with van der Waals surface area (Å²) in [5.74, 6) is 0.916. The molecular formula is C19H14ClN3OS. The third-order valence-corrected chi connectivity index (χ3v) is 5.17. The topological polar surface area (TPSA) is 58.0 Å². The molecule has 0 aliphatic rings. The molecule has 2 aromatic carbocycles. The fraction of sp³-hybridized carbons (Fsp3) is 0.0526. The molecule has 4 nitrogen and oxygen atoms in total. The van der Waals surface area contributed by atoms with Gasteiger partial charge in [0.2, 0.25) is 0 Å². The summed E-state index contributed by atoms with van der Waals surface area (Å²) < 4.78 is 0. The van der Waals surface area contributed by atoms with Gasteiger partial charge in [-0.25, -0.2) is 9.97 Å². The molecule has 0 spiro atoms. The van der Waals surface area contributed by atoms with E-state index in [4.69, 9.17) is 11.6 Å². The van der Waals surface area contributed by atoms with Crippen LogP contribution >= 0.6 is 22.9 Å². The minimum absolute atomic E-state index is 0.203. The highest BCUT2D eigenvalue weighted by Crippen LogP contribution is 2.41. The molecule has 0 aliphatic carbocycles. The molecule has 2 aromatic heterocycles. The van der Waals surface area contributed by atoms with Gasteiger partial charge in [0.1, 0.15) is 22.7 Å². The van der Waals surface area contributed by atoms with E-state index in [0.717, 1.165) is 31.9 Å². The molecule has 0 amide bonds. The van der Waals surface area contributed by atoms with Gasteiger partial charge < -0.3 is 10.4 Å². The van der Waals surface area contributed by atoms with Crippen molar-refractivity contribution in [3.63, 3.8) is 0 Å². The second-order valence-corrected chi connectivity index (χ2v) is 7.26. The Labute approximate surface area is 153 Å². The van der Waals surface area contributed by atoms with E-state index in [1.54, 1.807) is 35.9 Å². The first-order valence-electron chi connectivity index (χ1n) is 7.68. The van der Waals surface area contributed by atoms with Crippen LogP contribution in [0.1, 0.15) is 4.88 Å². The van der Waals surface area contributed by atoms with Gasteiger partial charge in [0.05, 0.1) is 5.39 Å². The SMILES string of the molecule is Cc1sc2ncnc(Nc3cccc(O)c3)c2c1-c1ccc(Cl)cc1. The second kappa shape index (κ2) is 6.35. The zero-order valence-corrected chi connectivity index (χ0v) is 14.9. The maximum absolute atomic E-state index is 9.68. The van der Waals surface area contributed by atoms with Gasteiger partial charge in [0.25, 0.3) is 0 Å². The summed E-state index contributed by atoms with van der Waals surface area (Å²) in [4.78, 5) is 10.9. The van der Waals surface area contributed by atoms with Crippen molar-refractivity contribution in [2.24, 2.45) is 0 Å². The van der Waals surface area contributed by atoms with Crippen LogP contribution in [0.2, 0.25) is 5.02 Å². The maximum atomic E-state index is 9.68. The number of phenols is 1. The van der Waals surface area contributed by atoms with Gasteiger partial charge in [-0.3, -0.25) is 0 Å². The molecule has 0 unspecified atom stereocenters. The molecule has 2 N–H and O–H groups in total. The van der Waals surface area contributed by atoms with Crippen LogP contribution in [0.4, 0.5) is 11.5 Å². The molecule has 4 aromatic rings. The number of halogens is 1. The molecule has 6 heteroatoms. The Balaban J connectivity index is 1.89. The van der Waals surface area contributed by atoms with Crippen LogP contribution in [0.5, 0.6) is 5.75 Å². The summed E-state index contributed by atoms with van der Waals surface area (Å²) in [6.45, 7) is 2.08. The number of fused-ring (bicyclic) bond motifs is 1. The first-order valence-corrected chi connectivity index (χ1v) is 8.87. The van der Waals surface area contributed by atoms with Crippen molar-refractivity contribution in [3.8, 4) is 16.9 Å². The number of nitrogens with one attached hydrogen (secondary N) is 1. The molecule has 2 heterocycles. The molecule has 25 heavy (non-hydrogen) atoms. The van der Waals surface area contributed by atoms with Crippen LogP contribution in [0.25, 0.3) is 21.3 Å². The quantitative estimate of drug-likeness (QED) is 0.482. The number of anilines is 2. The van der Waals surface area contributed by atoms with E-state index in [0.29, 0.717) is 10.8 Å². The molecule has 0 aliphatic heterocycles. The number of hydrogen-bond donors (Lipinski definition) is 2. The van der Waals surface area contributed by atoms with Crippen LogP contribution in [0, 0.1) is 6.92 Å². The number of phenolic OH excluding ortho intramolecular Hbond substituents is 1.